The number of hydrogen-bond acceptors (Lipinski definition) is 2. The molecule has 1 aromatic rings. The van der Waals surface area contributed by atoms with E-state index in [-0.39, 0.29) is 5.91 Å². The van der Waals surface area contributed by atoms with E-state index in [4.69, 9.17) is 5.73 Å². The molecule has 0 saturated carbocycles. The van der Waals surface area contributed by atoms with Gasteiger partial charge in [-0.15, -0.1) is 0 Å². The summed E-state index contributed by atoms with van der Waals surface area (Å²) in [5.41, 5.74) is 6.87. The van der Waals surface area contributed by atoms with Crippen LogP contribution >= 0.6 is 15.9 Å². The molecule has 82 valence electrons. The summed E-state index contributed by atoms with van der Waals surface area (Å²) in [6.45, 7) is 0. The molecule has 16 heavy (non-hydrogen) atoms. The van der Waals surface area contributed by atoms with Gasteiger partial charge in [-0.05, 0) is 30.7 Å². The Labute approximate surface area is 102 Å². The molecule has 0 aliphatic carbocycles. The van der Waals surface area contributed by atoms with E-state index in [0.29, 0.717) is 12.0 Å². The highest BCUT2D eigenvalue weighted by Gasteiger charge is 2.10. The molecule has 0 spiro atoms. The van der Waals surface area contributed by atoms with Crippen LogP contribution in [0.5, 0.6) is 0 Å². The summed E-state index contributed by atoms with van der Waals surface area (Å²) >= 11 is 3.38. The number of amides is 1. The van der Waals surface area contributed by atoms with Gasteiger partial charge in [0.05, 0.1) is 0 Å². The summed E-state index contributed by atoms with van der Waals surface area (Å²) in [5, 5.41) is 0. The highest BCUT2D eigenvalue weighted by molar-refractivity contribution is 9.10. The number of benzene rings is 1. The van der Waals surface area contributed by atoms with Crippen molar-refractivity contribution in [1.29, 1.82) is 0 Å². The van der Waals surface area contributed by atoms with Crippen LogP contribution in [0.15, 0.2) is 52.8 Å². The fraction of sp³-hybridized carbons (Fsp3) is 0.0833. The van der Waals surface area contributed by atoms with Crippen molar-refractivity contribution in [3.63, 3.8) is 0 Å². The molecule has 2 N–H and O–H groups in total. The zero-order chi connectivity index (χ0) is 11.5. The van der Waals surface area contributed by atoms with E-state index in [1.54, 1.807) is 6.20 Å². The summed E-state index contributed by atoms with van der Waals surface area (Å²) in [4.78, 5) is 13.0. The third-order valence-corrected chi connectivity index (χ3v) is 2.87. The van der Waals surface area contributed by atoms with E-state index < -0.39 is 0 Å². The third-order valence-electron chi connectivity index (χ3n) is 2.34. The molecule has 1 amide bonds. The molecule has 4 heteroatoms. The average Bonchev–Trinajstić information content (AvgIpc) is 2.30. The molecule has 1 aliphatic heterocycles. The predicted molar refractivity (Wildman–Crippen MR) is 67.7 cm³/mol. The zero-order valence-electron chi connectivity index (χ0n) is 8.56. The van der Waals surface area contributed by atoms with Gasteiger partial charge in [-0.2, -0.15) is 0 Å². The predicted octanol–water partition coefficient (Wildman–Crippen LogP) is 2.54. The number of rotatable bonds is 2. The van der Waals surface area contributed by atoms with Crippen LogP contribution in [0, 0.1) is 0 Å². The lowest BCUT2D eigenvalue weighted by Crippen LogP contribution is -2.20. The van der Waals surface area contributed by atoms with Crippen LogP contribution in [0.4, 0.5) is 5.69 Å². The Balaban J connectivity index is 2.27. The molecule has 1 aromatic carbocycles. The summed E-state index contributed by atoms with van der Waals surface area (Å²) in [6.07, 6.45) is 6.21. The molecule has 3 nitrogen and oxygen atoms in total. The Bertz CT molecular complexity index is 462. The molecule has 1 aliphatic rings. The maximum atomic E-state index is 11.1. The number of nitrogens with two attached hydrogens (primary N) is 1. The van der Waals surface area contributed by atoms with Crippen molar-refractivity contribution >= 4 is 27.5 Å². The number of carbonyl (C=O) groups excluding carboxylic acids is 1. The van der Waals surface area contributed by atoms with Crippen LogP contribution in [-0.4, -0.2) is 5.91 Å². The van der Waals surface area contributed by atoms with Crippen molar-refractivity contribution < 1.29 is 4.79 Å². The molecule has 0 radical (unpaired) electrons. The second-order valence-corrected chi connectivity index (χ2v) is 4.41. The number of primary amides is 1. The second-order valence-electron chi connectivity index (χ2n) is 3.49. The van der Waals surface area contributed by atoms with Gasteiger partial charge in [0.1, 0.15) is 0 Å². The van der Waals surface area contributed by atoms with Gasteiger partial charge in [0, 0.05) is 28.1 Å². The molecule has 0 bridgehead atoms. The maximum Gasteiger partial charge on any atom is 0.246 e. The first-order chi connectivity index (χ1) is 7.66. The van der Waals surface area contributed by atoms with Crippen molar-refractivity contribution in [3.8, 4) is 0 Å². The normalized spacial score (nSPS) is 14.8. The van der Waals surface area contributed by atoms with E-state index in [1.807, 2.05) is 41.4 Å². The summed E-state index contributed by atoms with van der Waals surface area (Å²) in [5.74, 6) is -0.369. The van der Waals surface area contributed by atoms with Crippen molar-refractivity contribution in [2.24, 2.45) is 5.73 Å². The van der Waals surface area contributed by atoms with Gasteiger partial charge < -0.3 is 10.6 Å². The molecule has 0 unspecified atom stereocenters. The largest absolute Gasteiger partial charge is 0.366 e. The Kier molecular flexibility index (Phi) is 3.10. The maximum absolute atomic E-state index is 11.1. The minimum Gasteiger partial charge on any atom is -0.366 e. The fourth-order valence-corrected chi connectivity index (χ4v) is 1.76. The van der Waals surface area contributed by atoms with Crippen molar-refractivity contribution in [1.82, 2.24) is 0 Å². The van der Waals surface area contributed by atoms with Gasteiger partial charge in [-0.25, -0.2) is 0 Å². The molecular formula is C12H11BrN2O. The van der Waals surface area contributed by atoms with Crippen molar-refractivity contribution in [2.75, 3.05) is 4.90 Å². The first-order valence-corrected chi connectivity index (χ1v) is 5.67. The lowest BCUT2D eigenvalue weighted by Gasteiger charge is -2.20. The van der Waals surface area contributed by atoms with E-state index in [1.165, 1.54) is 0 Å². The molecule has 1 heterocycles. The SMILES string of the molecule is NC(=O)C1=CN(c2ccc(Br)cc2)C=CC1. The van der Waals surface area contributed by atoms with Crippen LogP contribution in [0.1, 0.15) is 6.42 Å². The van der Waals surface area contributed by atoms with E-state index in [0.717, 1.165) is 10.2 Å². The minimum atomic E-state index is -0.369. The number of hydrogen-bond donors (Lipinski definition) is 1. The summed E-state index contributed by atoms with van der Waals surface area (Å²) < 4.78 is 1.02. The lowest BCUT2D eigenvalue weighted by atomic mass is 10.1. The van der Waals surface area contributed by atoms with Crippen LogP contribution in [0.3, 0.4) is 0 Å². The number of halogens is 1. The monoisotopic (exact) mass is 278 g/mol. The van der Waals surface area contributed by atoms with Gasteiger partial charge in [-0.3, -0.25) is 4.79 Å². The minimum absolute atomic E-state index is 0.369. The standard InChI is InChI=1S/C12H11BrN2O/c13-10-3-5-11(6-4-10)15-7-1-2-9(8-15)12(14)16/h1,3-8H,2H2,(H2,14,16). The van der Waals surface area contributed by atoms with Crippen molar-refractivity contribution in [3.05, 3.63) is 52.8 Å². The van der Waals surface area contributed by atoms with Crippen LogP contribution < -0.4 is 10.6 Å². The van der Waals surface area contributed by atoms with E-state index in [9.17, 15) is 4.79 Å². The highest BCUT2D eigenvalue weighted by atomic mass is 79.9. The van der Waals surface area contributed by atoms with E-state index >= 15 is 0 Å². The van der Waals surface area contributed by atoms with Crippen LogP contribution in [-0.2, 0) is 4.79 Å². The van der Waals surface area contributed by atoms with Gasteiger partial charge in [0.25, 0.3) is 0 Å². The van der Waals surface area contributed by atoms with Crippen LogP contribution in [0.2, 0.25) is 0 Å². The summed E-state index contributed by atoms with van der Waals surface area (Å²) in [6, 6.07) is 7.84. The van der Waals surface area contributed by atoms with Gasteiger partial charge in [0.2, 0.25) is 5.91 Å². The number of anilines is 1. The fourth-order valence-electron chi connectivity index (χ4n) is 1.49. The van der Waals surface area contributed by atoms with Gasteiger partial charge >= 0.3 is 0 Å². The second kappa shape index (κ2) is 4.53. The molecule has 0 fully saturated rings. The molecule has 0 aromatic heterocycles. The zero-order valence-corrected chi connectivity index (χ0v) is 10.1. The average molecular weight is 279 g/mol. The third kappa shape index (κ3) is 2.33. The van der Waals surface area contributed by atoms with Crippen molar-refractivity contribution in [2.45, 2.75) is 6.42 Å². The van der Waals surface area contributed by atoms with E-state index in [2.05, 4.69) is 15.9 Å². The number of allylic oxidation sites excluding steroid dienone is 1. The van der Waals surface area contributed by atoms with Gasteiger partial charge in [-0.1, -0.05) is 22.0 Å². The molecule has 0 atom stereocenters. The number of carbonyl (C=O) groups is 1. The first-order valence-electron chi connectivity index (χ1n) is 4.88. The number of nitrogens with zero attached hydrogens (tertiary/aromatic N) is 1. The highest BCUT2D eigenvalue weighted by Crippen LogP contribution is 2.22. The Morgan fingerprint density at radius 1 is 1.31 bits per heavy atom. The smallest absolute Gasteiger partial charge is 0.246 e. The molecule has 2 rings (SSSR count). The quantitative estimate of drug-likeness (QED) is 0.904. The summed E-state index contributed by atoms with van der Waals surface area (Å²) in [7, 11) is 0. The Hall–Kier alpha value is -1.55. The lowest BCUT2D eigenvalue weighted by molar-refractivity contribution is -0.114. The topological polar surface area (TPSA) is 46.3 Å². The Morgan fingerprint density at radius 2 is 2.00 bits per heavy atom. The van der Waals surface area contributed by atoms with Gasteiger partial charge in [0.15, 0.2) is 0 Å². The van der Waals surface area contributed by atoms with Crippen LogP contribution in [0.25, 0.3) is 0 Å². The Morgan fingerprint density at radius 3 is 2.62 bits per heavy atom. The molecule has 0 saturated heterocycles. The molecular weight excluding hydrogens is 268 g/mol. The first kappa shape index (κ1) is 11.0.